The molecule has 1 aliphatic carbocycles. The molecular weight excluding hydrogens is 290 g/mol. The number of carbonyl (C=O) groups is 1. The fourth-order valence-corrected chi connectivity index (χ4v) is 2.91. The fourth-order valence-electron chi connectivity index (χ4n) is 1.46. The normalized spacial score (nSPS) is 16.9. The number of hydrogen-bond donors (Lipinski definition) is 2. The monoisotopic (exact) mass is 303 g/mol. The Morgan fingerprint density at radius 3 is 2.79 bits per heavy atom. The van der Waals surface area contributed by atoms with E-state index in [4.69, 9.17) is 11.6 Å². The summed E-state index contributed by atoms with van der Waals surface area (Å²) in [6.45, 7) is 1.50. The molecule has 2 rings (SSSR count). The third kappa shape index (κ3) is 3.89. The van der Waals surface area contributed by atoms with Gasteiger partial charge in [0.2, 0.25) is 15.9 Å². The first-order valence-corrected chi connectivity index (χ1v) is 7.69. The lowest BCUT2D eigenvalue weighted by Crippen LogP contribution is -2.45. The molecular formula is C11H14ClN3O3S. The second kappa shape index (κ2) is 5.44. The van der Waals surface area contributed by atoms with Crippen LogP contribution in [0.3, 0.4) is 0 Å². The lowest BCUT2D eigenvalue weighted by molar-refractivity contribution is -0.122. The first kappa shape index (κ1) is 14.2. The minimum Gasteiger partial charge on any atom is -0.352 e. The zero-order valence-corrected chi connectivity index (χ0v) is 11.8. The highest BCUT2D eigenvalue weighted by Gasteiger charge is 2.28. The molecule has 1 unspecified atom stereocenters. The summed E-state index contributed by atoms with van der Waals surface area (Å²) in [6, 6.07) is 1.90. The number of nitrogens with one attached hydrogen (secondary N) is 2. The largest absolute Gasteiger partial charge is 0.352 e. The van der Waals surface area contributed by atoms with Crippen molar-refractivity contribution in [2.24, 2.45) is 0 Å². The van der Waals surface area contributed by atoms with Crippen molar-refractivity contribution < 1.29 is 13.2 Å². The molecule has 0 radical (unpaired) electrons. The van der Waals surface area contributed by atoms with Gasteiger partial charge < -0.3 is 5.32 Å². The van der Waals surface area contributed by atoms with Crippen molar-refractivity contribution in [2.75, 3.05) is 0 Å². The number of carbonyl (C=O) groups excluding carboxylic acids is 1. The lowest BCUT2D eigenvalue weighted by Gasteiger charge is -2.14. The molecule has 0 spiro atoms. The first-order chi connectivity index (χ1) is 8.88. The second-order valence-electron chi connectivity index (χ2n) is 4.44. The van der Waals surface area contributed by atoms with Crippen LogP contribution in [-0.2, 0) is 14.8 Å². The van der Waals surface area contributed by atoms with E-state index in [-0.39, 0.29) is 22.0 Å². The molecule has 19 heavy (non-hydrogen) atoms. The Labute approximate surface area is 116 Å². The van der Waals surface area contributed by atoms with Gasteiger partial charge in [0.15, 0.2) is 0 Å². The number of rotatable bonds is 5. The van der Waals surface area contributed by atoms with Crippen molar-refractivity contribution in [3.8, 4) is 0 Å². The van der Waals surface area contributed by atoms with Crippen molar-refractivity contribution in [2.45, 2.75) is 36.7 Å². The van der Waals surface area contributed by atoms with Crippen LogP contribution in [0.4, 0.5) is 0 Å². The van der Waals surface area contributed by atoms with Gasteiger partial charge in [0.25, 0.3) is 0 Å². The van der Waals surface area contributed by atoms with Gasteiger partial charge in [-0.1, -0.05) is 11.6 Å². The van der Waals surface area contributed by atoms with E-state index in [1.54, 1.807) is 0 Å². The van der Waals surface area contributed by atoms with E-state index in [2.05, 4.69) is 15.0 Å². The maximum atomic E-state index is 12.0. The minimum atomic E-state index is -3.78. The van der Waals surface area contributed by atoms with Crippen LogP contribution in [0.2, 0.25) is 5.15 Å². The van der Waals surface area contributed by atoms with E-state index in [0.717, 1.165) is 12.8 Å². The fraction of sp³-hybridized carbons (Fsp3) is 0.455. The molecule has 0 saturated heterocycles. The predicted octanol–water partition coefficient (Wildman–Crippen LogP) is 0.680. The van der Waals surface area contributed by atoms with E-state index in [0.29, 0.717) is 0 Å². The van der Waals surface area contributed by atoms with Crippen molar-refractivity contribution in [1.29, 1.82) is 0 Å². The highest BCUT2D eigenvalue weighted by atomic mass is 35.5. The Kier molecular flexibility index (Phi) is 4.07. The van der Waals surface area contributed by atoms with Gasteiger partial charge in [-0.3, -0.25) is 4.79 Å². The summed E-state index contributed by atoms with van der Waals surface area (Å²) in [7, 11) is -3.78. The highest BCUT2D eigenvalue weighted by molar-refractivity contribution is 7.89. The molecule has 1 aromatic heterocycles. The Hall–Kier alpha value is -1.18. The van der Waals surface area contributed by atoms with Gasteiger partial charge in [-0.25, -0.2) is 13.4 Å². The van der Waals surface area contributed by atoms with Crippen molar-refractivity contribution in [1.82, 2.24) is 15.0 Å². The van der Waals surface area contributed by atoms with Gasteiger partial charge in [0.05, 0.1) is 10.9 Å². The van der Waals surface area contributed by atoms with Crippen LogP contribution in [0, 0.1) is 0 Å². The maximum absolute atomic E-state index is 12.0. The molecule has 104 valence electrons. The summed E-state index contributed by atoms with van der Waals surface area (Å²) in [5, 5.41) is 2.82. The van der Waals surface area contributed by atoms with Crippen LogP contribution < -0.4 is 10.0 Å². The average Bonchev–Trinajstić information content (AvgIpc) is 3.12. The minimum absolute atomic E-state index is 0.0152. The summed E-state index contributed by atoms with van der Waals surface area (Å²) in [5.41, 5.74) is 0. The summed E-state index contributed by atoms with van der Waals surface area (Å²) in [6.07, 6.45) is 3.20. The Bertz CT molecular complexity index is 587. The number of amides is 1. The SMILES string of the molecule is CC(NS(=O)(=O)c1ccnc(Cl)c1)C(=O)NC1CC1. The third-order valence-corrected chi connectivity index (χ3v) is 4.40. The molecule has 6 nitrogen and oxygen atoms in total. The van der Waals surface area contributed by atoms with Gasteiger partial charge in [-0.15, -0.1) is 0 Å². The second-order valence-corrected chi connectivity index (χ2v) is 6.54. The van der Waals surface area contributed by atoms with Crippen LogP contribution in [0.25, 0.3) is 0 Å². The molecule has 1 amide bonds. The van der Waals surface area contributed by atoms with Crippen LogP contribution >= 0.6 is 11.6 Å². The highest BCUT2D eigenvalue weighted by Crippen LogP contribution is 2.19. The zero-order chi connectivity index (χ0) is 14.0. The molecule has 8 heteroatoms. The van der Waals surface area contributed by atoms with Crippen molar-refractivity contribution >= 4 is 27.5 Å². The van der Waals surface area contributed by atoms with Crippen LogP contribution in [-0.4, -0.2) is 31.4 Å². The van der Waals surface area contributed by atoms with E-state index < -0.39 is 16.1 Å². The number of hydrogen-bond acceptors (Lipinski definition) is 4. The summed E-state index contributed by atoms with van der Waals surface area (Å²) < 4.78 is 26.4. The number of sulfonamides is 1. The smallest absolute Gasteiger partial charge is 0.241 e. The molecule has 2 N–H and O–H groups in total. The average molecular weight is 304 g/mol. The van der Waals surface area contributed by atoms with Crippen LogP contribution in [0.5, 0.6) is 0 Å². The Morgan fingerprint density at radius 1 is 1.53 bits per heavy atom. The van der Waals surface area contributed by atoms with Crippen LogP contribution in [0.1, 0.15) is 19.8 Å². The van der Waals surface area contributed by atoms with Gasteiger partial charge in [0.1, 0.15) is 5.15 Å². The van der Waals surface area contributed by atoms with Crippen LogP contribution in [0.15, 0.2) is 23.2 Å². The van der Waals surface area contributed by atoms with Crippen molar-refractivity contribution in [3.63, 3.8) is 0 Å². The molecule has 1 saturated carbocycles. The van der Waals surface area contributed by atoms with Crippen molar-refractivity contribution in [3.05, 3.63) is 23.5 Å². The molecule has 1 aliphatic rings. The molecule has 0 aliphatic heterocycles. The number of nitrogens with zero attached hydrogens (tertiary/aromatic N) is 1. The Morgan fingerprint density at radius 2 is 2.21 bits per heavy atom. The zero-order valence-electron chi connectivity index (χ0n) is 10.3. The molecule has 1 fully saturated rings. The predicted molar refractivity (Wildman–Crippen MR) is 70.2 cm³/mol. The van der Waals surface area contributed by atoms with E-state index in [1.807, 2.05) is 0 Å². The van der Waals surface area contributed by atoms with Gasteiger partial charge in [0, 0.05) is 12.2 Å². The molecule has 0 aromatic carbocycles. The Balaban J connectivity index is 2.05. The molecule has 1 aromatic rings. The molecule has 1 heterocycles. The quantitative estimate of drug-likeness (QED) is 0.783. The third-order valence-electron chi connectivity index (χ3n) is 2.66. The lowest BCUT2D eigenvalue weighted by atomic mass is 10.3. The maximum Gasteiger partial charge on any atom is 0.241 e. The first-order valence-electron chi connectivity index (χ1n) is 5.83. The summed E-state index contributed by atoms with van der Waals surface area (Å²) in [4.78, 5) is 15.4. The van der Waals surface area contributed by atoms with E-state index in [9.17, 15) is 13.2 Å². The van der Waals surface area contributed by atoms with Gasteiger partial charge >= 0.3 is 0 Å². The molecule has 1 atom stereocenters. The molecule has 0 bridgehead atoms. The number of halogens is 1. The summed E-state index contributed by atoms with van der Waals surface area (Å²) in [5.74, 6) is -0.328. The number of aromatic nitrogens is 1. The topological polar surface area (TPSA) is 88.2 Å². The van der Waals surface area contributed by atoms with E-state index in [1.165, 1.54) is 25.3 Å². The standard InChI is InChI=1S/C11H14ClN3O3S/c1-7(11(16)14-8-2-3-8)15-19(17,18)9-4-5-13-10(12)6-9/h4-8,15H,2-3H2,1H3,(H,14,16). The van der Waals surface area contributed by atoms with Gasteiger partial charge in [-0.2, -0.15) is 4.72 Å². The van der Waals surface area contributed by atoms with Gasteiger partial charge in [-0.05, 0) is 31.9 Å². The number of pyridine rings is 1. The van der Waals surface area contributed by atoms with E-state index >= 15 is 0 Å². The summed E-state index contributed by atoms with van der Waals surface area (Å²) >= 11 is 5.64.